The Morgan fingerprint density at radius 2 is 1.86 bits per heavy atom. The lowest BCUT2D eigenvalue weighted by atomic mass is 10.1. The molecular weight excluding hydrogens is 290 g/mol. The van der Waals surface area contributed by atoms with E-state index in [2.05, 4.69) is 0 Å². The van der Waals surface area contributed by atoms with Crippen molar-refractivity contribution in [3.8, 4) is 11.5 Å². The van der Waals surface area contributed by atoms with Gasteiger partial charge in [0, 0.05) is 5.02 Å². The molecule has 3 N–H and O–H groups in total. The van der Waals surface area contributed by atoms with Crippen molar-refractivity contribution in [3.05, 3.63) is 58.6 Å². The molecule has 0 aliphatic carbocycles. The lowest BCUT2D eigenvalue weighted by Crippen LogP contribution is -2.14. The van der Waals surface area contributed by atoms with E-state index in [9.17, 15) is 0 Å². The van der Waals surface area contributed by atoms with E-state index in [1.165, 1.54) is 0 Å². The zero-order valence-corrected chi connectivity index (χ0v) is 12.5. The second-order valence-electron chi connectivity index (χ2n) is 4.61. The molecule has 0 fully saturated rings. The Balaban J connectivity index is 2.10. The van der Waals surface area contributed by atoms with E-state index >= 15 is 0 Å². The van der Waals surface area contributed by atoms with Gasteiger partial charge in [-0.15, -0.1) is 0 Å². The van der Waals surface area contributed by atoms with E-state index in [1.54, 1.807) is 19.2 Å². The van der Waals surface area contributed by atoms with Gasteiger partial charge in [-0.2, -0.15) is 0 Å². The highest BCUT2D eigenvalue weighted by Gasteiger charge is 2.10. The summed E-state index contributed by atoms with van der Waals surface area (Å²) in [4.78, 5) is 0. The van der Waals surface area contributed by atoms with Crippen LogP contribution in [0.5, 0.6) is 11.5 Å². The van der Waals surface area contributed by atoms with Gasteiger partial charge < -0.3 is 20.3 Å². The van der Waals surface area contributed by atoms with Crippen LogP contribution in [0.1, 0.15) is 17.2 Å². The highest BCUT2D eigenvalue weighted by molar-refractivity contribution is 6.30. The Morgan fingerprint density at radius 1 is 1.14 bits per heavy atom. The first-order valence-corrected chi connectivity index (χ1v) is 6.93. The fourth-order valence-corrected chi connectivity index (χ4v) is 2.01. The van der Waals surface area contributed by atoms with E-state index < -0.39 is 6.04 Å². The minimum atomic E-state index is -0.427. The summed E-state index contributed by atoms with van der Waals surface area (Å²) >= 11 is 5.84. The van der Waals surface area contributed by atoms with Gasteiger partial charge in [0.15, 0.2) is 11.5 Å². The van der Waals surface area contributed by atoms with Crippen molar-refractivity contribution in [2.75, 3.05) is 13.7 Å². The summed E-state index contributed by atoms with van der Waals surface area (Å²) < 4.78 is 11.1. The van der Waals surface area contributed by atoms with Crippen LogP contribution in [0.15, 0.2) is 42.5 Å². The van der Waals surface area contributed by atoms with E-state index in [0.29, 0.717) is 23.1 Å². The molecule has 0 saturated carbocycles. The number of benzene rings is 2. The molecule has 0 aliphatic heterocycles. The lowest BCUT2D eigenvalue weighted by Gasteiger charge is -2.14. The zero-order valence-electron chi connectivity index (χ0n) is 11.8. The van der Waals surface area contributed by atoms with E-state index in [1.807, 2.05) is 30.3 Å². The van der Waals surface area contributed by atoms with Crippen molar-refractivity contribution in [3.63, 3.8) is 0 Å². The quantitative estimate of drug-likeness (QED) is 0.861. The maximum absolute atomic E-state index is 9.09. The van der Waals surface area contributed by atoms with Crippen molar-refractivity contribution >= 4 is 11.6 Å². The molecule has 0 radical (unpaired) electrons. The maximum Gasteiger partial charge on any atom is 0.161 e. The van der Waals surface area contributed by atoms with Gasteiger partial charge in [0.05, 0.1) is 19.8 Å². The summed E-state index contributed by atoms with van der Waals surface area (Å²) in [7, 11) is 1.57. The molecule has 0 unspecified atom stereocenters. The SMILES string of the molecule is COc1cc([C@H](N)CO)ccc1OCc1ccc(Cl)cc1. The Kier molecular flexibility index (Phi) is 5.44. The van der Waals surface area contributed by atoms with Gasteiger partial charge in [-0.3, -0.25) is 0 Å². The maximum atomic E-state index is 9.09. The molecule has 0 saturated heterocycles. The van der Waals surface area contributed by atoms with Crippen LogP contribution in [0.2, 0.25) is 5.02 Å². The first kappa shape index (κ1) is 15.6. The normalized spacial score (nSPS) is 12.0. The van der Waals surface area contributed by atoms with Crippen molar-refractivity contribution in [2.45, 2.75) is 12.6 Å². The summed E-state index contributed by atoms with van der Waals surface area (Å²) in [5.74, 6) is 1.21. The number of nitrogens with two attached hydrogens (primary N) is 1. The van der Waals surface area contributed by atoms with Gasteiger partial charge in [-0.1, -0.05) is 29.8 Å². The van der Waals surface area contributed by atoms with Crippen LogP contribution in [0.4, 0.5) is 0 Å². The monoisotopic (exact) mass is 307 g/mol. The van der Waals surface area contributed by atoms with Crippen LogP contribution >= 0.6 is 11.6 Å². The number of aliphatic hydroxyl groups excluding tert-OH is 1. The fraction of sp³-hybridized carbons (Fsp3) is 0.250. The smallest absolute Gasteiger partial charge is 0.161 e. The standard InChI is InChI=1S/C16H18ClNO3/c1-20-16-8-12(14(18)9-19)4-7-15(16)21-10-11-2-5-13(17)6-3-11/h2-8,14,19H,9-10,18H2,1H3/t14-/m1/s1. The second-order valence-corrected chi connectivity index (χ2v) is 5.05. The molecule has 0 aliphatic rings. The van der Waals surface area contributed by atoms with E-state index in [0.717, 1.165) is 11.1 Å². The average Bonchev–Trinajstić information content (AvgIpc) is 2.53. The van der Waals surface area contributed by atoms with Crippen LogP contribution in [0, 0.1) is 0 Å². The average molecular weight is 308 g/mol. The molecule has 0 amide bonds. The molecule has 0 spiro atoms. The molecule has 1 atom stereocenters. The number of ether oxygens (including phenoxy) is 2. The molecule has 2 aromatic carbocycles. The van der Waals surface area contributed by atoms with E-state index in [-0.39, 0.29) is 6.61 Å². The molecule has 5 heteroatoms. The summed E-state index contributed by atoms with van der Waals surface area (Å²) in [6.45, 7) is 0.299. The number of hydrogen-bond donors (Lipinski definition) is 2. The van der Waals surface area contributed by atoms with Crippen molar-refractivity contribution in [1.29, 1.82) is 0 Å². The summed E-state index contributed by atoms with van der Waals surface area (Å²) in [5, 5.41) is 9.78. The largest absolute Gasteiger partial charge is 0.493 e. The summed E-state index contributed by atoms with van der Waals surface area (Å²) in [6.07, 6.45) is 0. The van der Waals surface area contributed by atoms with Gasteiger partial charge in [-0.25, -0.2) is 0 Å². The highest BCUT2D eigenvalue weighted by atomic mass is 35.5. The van der Waals surface area contributed by atoms with Crippen LogP contribution < -0.4 is 15.2 Å². The Labute approximate surface area is 129 Å². The van der Waals surface area contributed by atoms with Crippen LogP contribution in [0.25, 0.3) is 0 Å². The second kappa shape index (κ2) is 7.31. The topological polar surface area (TPSA) is 64.7 Å². The minimum absolute atomic E-state index is 0.117. The highest BCUT2D eigenvalue weighted by Crippen LogP contribution is 2.30. The first-order chi connectivity index (χ1) is 10.1. The Bertz CT molecular complexity index is 587. The number of rotatable bonds is 6. The third-order valence-electron chi connectivity index (χ3n) is 3.12. The minimum Gasteiger partial charge on any atom is -0.493 e. The van der Waals surface area contributed by atoms with Crippen LogP contribution in [0.3, 0.4) is 0 Å². The van der Waals surface area contributed by atoms with Gasteiger partial charge >= 0.3 is 0 Å². The number of methoxy groups -OCH3 is 1. The molecule has 0 bridgehead atoms. The number of hydrogen-bond acceptors (Lipinski definition) is 4. The summed E-state index contributed by atoms with van der Waals surface area (Å²) in [6, 6.07) is 12.4. The molecule has 112 valence electrons. The fourth-order valence-electron chi connectivity index (χ4n) is 1.88. The van der Waals surface area contributed by atoms with Gasteiger partial charge in [-0.05, 0) is 35.4 Å². The molecule has 2 aromatic rings. The van der Waals surface area contributed by atoms with Gasteiger partial charge in [0.2, 0.25) is 0 Å². The number of aliphatic hydroxyl groups is 1. The van der Waals surface area contributed by atoms with Crippen molar-refractivity contribution < 1.29 is 14.6 Å². The number of halogens is 1. The van der Waals surface area contributed by atoms with Gasteiger partial charge in [0.1, 0.15) is 6.61 Å². The van der Waals surface area contributed by atoms with Crippen molar-refractivity contribution in [2.24, 2.45) is 5.73 Å². The molecular formula is C16H18ClNO3. The predicted octanol–water partition coefficient (Wildman–Crippen LogP) is 2.92. The van der Waals surface area contributed by atoms with E-state index in [4.69, 9.17) is 31.9 Å². The van der Waals surface area contributed by atoms with Crippen molar-refractivity contribution in [1.82, 2.24) is 0 Å². The zero-order chi connectivity index (χ0) is 15.2. The van der Waals surface area contributed by atoms with Crippen LogP contribution in [-0.4, -0.2) is 18.8 Å². The predicted molar refractivity (Wildman–Crippen MR) is 82.8 cm³/mol. The van der Waals surface area contributed by atoms with Crippen LogP contribution in [-0.2, 0) is 6.61 Å². The van der Waals surface area contributed by atoms with Gasteiger partial charge in [0.25, 0.3) is 0 Å². The molecule has 0 heterocycles. The molecule has 4 nitrogen and oxygen atoms in total. The Morgan fingerprint density at radius 3 is 2.48 bits per heavy atom. The molecule has 0 aromatic heterocycles. The molecule has 2 rings (SSSR count). The lowest BCUT2D eigenvalue weighted by molar-refractivity contribution is 0.266. The third kappa shape index (κ3) is 4.11. The summed E-state index contributed by atoms with van der Waals surface area (Å²) in [5.41, 5.74) is 7.60. The molecule has 21 heavy (non-hydrogen) atoms. The third-order valence-corrected chi connectivity index (χ3v) is 3.37. The Hall–Kier alpha value is -1.75. The first-order valence-electron chi connectivity index (χ1n) is 6.55.